The van der Waals surface area contributed by atoms with Gasteiger partial charge in [-0.15, -0.1) is 0 Å². The van der Waals surface area contributed by atoms with Crippen molar-refractivity contribution in [3.63, 3.8) is 0 Å². The van der Waals surface area contributed by atoms with Crippen molar-refractivity contribution < 1.29 is 4.79 Å². The predicted octanol–water partition coefficient (Wildman–Crippen LogP) is 1.03. The Morgan fingerprint density at radius 1 is 1.24 bits per heavy atom. The fourth-order valence-electron chi connectivity index (χ4n) is 1.67. The molecule has 0 fully saturated rings. The summed E-state index contributed by atoms with van der Waals surface area (Å²) in [5.74, 6) is 0.0961. The Bertz CT molecular complexity index is 616. The molecule has 17 heavy (non-hydrogen) atoms. The van der Waals surface area contributed by atoms with Crippen LogP contribution in [0.1, 0.15) is 0 Å². The molecular weight excluding hydrogens is 218 g/mol. The van der Waals surface area contributed by atoms with Crippen LogP contribution in [0.15, 0.2) is 37.0 Å². The third-order valence-corrected chi connectivity index (χ3v) is 2.52. The maximum Gasteiger partial charge on any atom is 0.236 e. The lowest BCUT2D eigenvalue weighted by Gasteiger charge is -2.07. The van der Waals surface area contributed by atoms with Crippen molar-refractivity contribution in [3.8, 4) is 0 Å². The lowest BCUT2D eigenvalue weighted by molar-refractivity contribution is -0.117. The number of anilines is 1. The van der Waals surface area contributed by atoms with Gasteiger partial charge < -0.3 is 10.3 Å². The van der Waals surface area contributed by atoms with Gasteiger partial charge >= 0.3 is 0 Å². The minimum Gasteiger partial charge on any atom is -0.340 e. The molecule has 0 aromatic carbocycles. The number of amides is 1. The van der Waals surface area contributed by atoms with Crippen molar-refractivity contribution in [1.82, 2.24) is 19.9 Å². The third kappa shape index (κ3) is 1.69. The van der Waals surface area contributed by atoms with Crippen LogP contribution in [0.4, 0.5) is 5.82 Å². The molecule has 2 aromatic heterocycles. The van der Waals surface area contributed by atoms with Gasteiger partial charge in [0.1, 0.15) is 11.8 Å². The number of H-pyrrole nitrogens is 1. The van der Waals surface area contributed by atoms with E-state index in [9.17, 15) is 4.79 Å². The molecule has 84 valence electrons. The Morgan fingerprint density at radius 3 is 2.88 bits per heavy atom. The highest BCUT2D eigenvalue weighted by atomic mass is 16.1. The van der Waals surface area contributed by atoms with Gasteiger partial charge in [-0.2, -0.15) is 0 Å². The monoisotopic (exact) mass is 227 g/mol. The fraction of sp³-hybridized carbons (Fsp3) is 0.0909. The summed E-state index contributed by atoms with van der Waals surface area (Å²) in [5.41, 5.74) is 1.17. The number of imidazole rings is 1. The first kappa shape index (κ1) is 9.71. The van der Waals surface area contributed by atoms with Gasteiger partial charge in [0, 0.05) is 0 Å². The molecule has 2 aromatic rings. The topological polar surface area (TPSA) is 83.6 Å². The minimum absolute atomic E-state index is 0.121. The number of nitrogens with zero attached hydrogens (tertiary/aromatic N) is 3. The Hall–Kier alpha value is -2.50. The lowest BCUT2D eigenvalue weighted by Crippen LogP contribution is -2.19. The maximum absolute atomic E-state index is 11.9. The molecular formula is C11H9N5O. The summed E-state index contributed by atoms with van der Waals surface area (Å²) in [6.45, 7) is 0. The summed E-state index contributed by atoms with van der Waals surface area (Å²) in [6.07, 6.45) is 10.2. The number of aromatic nitrogens is 4. The Labute approximate surface area is 96.5 Å². The molecule has 1 aliphatic rings. The van der Waals surface area contributed by atoms with Gasteiger partial charge in [0.05, 0.1) is 12.2 Å². The van der Waals surface area contributed by atoms with E-state index in [4.69, 9.17) is 0 Å². The second-order valence-corrected chi connectivity index (χ2v) is 3.61. The average Bonchev–Trinajstić information content (AvgIpc) is 3.00. The van der Waals surface area contributed by atoms with E-state index in [0.717, 1.165) is 0 Å². The third-order valence-electron chi connectivity index (χ3n) is 2.52. The second kappa shape index (κ2) is 3.82. The normalized spacial score (nSPS) is 14.6. The number of carbonyl (C=O) groups excluding carboxylic acids is 1. The second-order valence-electron chi connectivity index (χ2n) is 3.61. The van der Waals surface area contributed by atoms with E-state index < -0.39 is 0 Å². The lowest BCUT2D eigenvalue weighted by atomic mass is 10.1. The van der Waals surface area contributed by atoms with Crippen molar-refractivity contribution in [2.45, 2.75) is 0 Å². The molecule has 3 rings (SSSR count). The zero-order valence-electron chi connectivity index (χ0n) is 8.79. The quantitative estimate of drug-likeness (QED) is 0.802. The zero-order valence-corrected chi connectivity index (χ0v) is 8.79. The van der Waals surface area contributed by atoms with Crippen LogP contribution in [0.3, 0.4) is 0 Å². The number of hydrogen-bond acceptors (Lipinski definition) is 4. The highest BCUT2D eigenvalue weighted by Crippen LogP contribution is 2.17. The van der Waals surface area contributed by atoms with Crippen LogP contribution < -0.4 is 5.32 Å². The van der Waals surface area contributed by atoms with Crippen molar-refractivity contribution in [3.05, 3.63) is 37.0 Å². The molecule has 0 atom stereocenters. The van der Waals surface area contributed by atoms with E-state index in [1.165, 1.54) is 12.7 Å². The molecule has 0 bridgehead atoms. The van der Waals surface area contributed by atoms with E-state index in [2.05, 4.69) is 25.3 Å². The first-order chi connectivity index (χ1) is 8.34. The Balaban J connectivity index is 1.89. The molecule has 2 heterocycles. The molecule has 0 radical (unpaired) electrons. The van der Waals surface area contributed by atoms with Crippen molar-refractivity contribution in [2.24, 2.45) is 5.92 Å². The zero-order chi connectivity index (χ0) is 11.7. The molecule has 0 saturated carbocycles. The standard InChI is InChI=1S/C11H9N5O/c17-11(7-3-1-2-4-7)16-10-8-9(13-5-12-8)14-6-15-10/h1-7H,(H2,12,13,14,15,16,17). The first-order valence-corrected chi connectivity index (χ1v) is 5.14. The molecule has 2 N–H and O–H groups in total. The Kier molecular flexibility index (Phi) is 2.18. The summed E-state index contributed by atoms with van der Waals surface area (Å²) in [4.78, 5) is 26.8. The van der Waals surface area contributed by atoms with Crippen LogP contribution >= 0.6 is 0 Å². The molecule has 1 amide bonds. The number of fused-ring (bicyclic) bond motifs is 1. The highest BCUT2D eigenvalue weighted by molar-refractivity contribution is 5.99. The van der Waals surface area contributed by atoms with Crippen LogP contribution in [-0.2, 0) is 4.79 Å². The van der Waals surface area contributed by atoms with Crippen LogP contribution in [0.25, 0.3) is 11.2 Å². The van der Waals surface area contributed by atoms with Gasteiger partial charge in [0.2, 0.25) is 5.91 Å². The van der Waals surface area contributed by atoms with Gasteiger partial charge in [-0.25, -0.2) is 15.0 Å². The summed E-state index contributed by atoms with van der Waals surface area (Å²) < 4.78 is 0. The maximum atomic E-state index is 11.9. The fourth-order valence-corrected chi connectivity index (χ4v) is 1.67. The first-order valence-electron chi connectivity index (χ1n) is 5.14. The highest BCUT2D eigenvalue weighted by Gasteiger charge is 2.16. The summed E-state index contributed by atoms with van der Waals surface area (Å²) >= 11 is 0. The molecule has 0 aliphatic heterocycles. The molecule has 0 spiro atoms. The van der Waals surface area contributed by atoms with E-state index in [1.54, 1.807) is 0 Å². The van der Waals surface area contributed by atoms with Crippen molar-refractivity contribution >= 4 is 22.9 Å². The number of hydrogen-bond donors (Lipinski definition) is 2. The largest absolute Gasteiger partial charge is 0.340 e. The van der Waals surface area contributed by atoms with Gasteiger partial charge in [-0.1, -0.05) is 24.3 Å². The van der Waals surface area contributed by atoms with E-state index in [1.807, 2.05) is 24.3 Å². The average molecular weight is 227 g/mol. The van der Waals surface area contributed by atoms with Crippen molar-refractivity contribution in [2.75, 3.05) is 5.32 Å². The molecule has 0 unspecified atom stereocenters. The molecule has 1 aliphatic carbocycles. The summed E-state index contributed by atoms with van der Waals surface area (Å²) in [6, 6.07) is 0. The number of allylic oxidation sites excluding steroid dienone is 2. The molecule has 6 nitrogen and oxygen atoms in total. The number of aromatic amines is 1. The van der Waals surface area contributed by atoms with Gasteiger partial charge in [0.25, 0.3) is 0 Å². The summed E-state index contributed by atoms with van der Waals surface area (Å²) in [7, 11) is 0. The van der Waals surface area contributed by atoms with Crippen LogP contribution in [0.2, 0.25) is 0 Å². The van der Waals surface area contributed by atoms with Gasteiger partial charge in [-0.05, 0) is 0 Å². The van der Waals surface area contributed by atoms with E-state index in [0.29, 0.717) is 17.0 Å². The molecule has 6 heteroatoms. The van der Waals surface area contributed by atoms with E-state index in [-0.39, 0.29) is 11.8 Å². The van der Waals surface area contributed by atoms with Crippen LogP contribution in [-0.4, -0.2) is 25.8 Å². The van der Waals surface area contributed by atoms with Crippen LogP contribution in [0.5, 0.6) is 0 Å². The summed E-state index contributed by atoms with van der Waals surface area (Å²) in [5, 5.41) is 2.75. The number of rotatable bonds is 2. The van der Waals surface area contributed by atoms with Crippen molar-refractivity contribution in [1.29, 1.82) is 0 Å². The predicted molar refractivity (Wildman–Crippen MR) is 62.1 cm³/mol. The molecule has 0 saturated heterocycles. The number of nitrogens with one attached hydrogen (secondary N) is 2. The smallest absolute Gasteiger partial charge is 0.236 e. The van der Waals surface area contributed by atoms with Gasteiger partial charge in [0.15, 0.2) is 11.5 Å². The Morgan fingerprint density at radius 2 is 2.06 bits per heavy atom. The minimum atomic E-state index is -0.233. The SMILES string of the molecule is O=C(Nc1ncnc2nc[nH]c12)C1C=CC=C1. The number of carbonyl (C=O) groups is 1. The van der Waals surface area contributed by atoms with E-state index >= 15 is 0 Å². The van der Waals surface area contributed by atoms with Crippen LogP contribution in [0, 0.1) is 5.92 Å². The van der Waals surface area contributed by atoms with Gasteiger partial charge in [-0.3, -0.25) is 4.79 Å².